The van der Waals surface area contributed by atoms with E-state index in [0.717, 1.165) is 13.1 Å². The van der Waals surface area contributed by atoms with Gasteiger partial charge in [0.15, 0.2) is 0 Å². The maximum absolute atomic E-state index is 3.32. The number of hydrogen-bond donors (Lipinski definition) is 1. The monoisotopic (exact) mass is 125 g/mol. The molecule has 1 aliphatic heterocycles. The molecule has 0 fully saturated rings. The van der Waals surface area contributed by atoms with Crippen molar-refractivity contribution in [1.82, 2.24) is 5.32 Å². The molecule has 0 aromatic heterocycles. The predicted octanol–water partition coefficient (Wildman–Crippen LogP) is 1.56. The van der Waals surface area contributed by atoms with E-state index in [1.54, 1.807) is 0 Å². The molecule has 0 aromatic carbocycles. The SMILES string of the molecule is CC1(C)C=CCNCC1. The van der Waals surface area contributed by atoms with E-state index in [1.807, 2.05) is 0 Å². The normalized spacial score (nSPS) is 25.6. The number of nitrogens with one attached hydrogen (secondary N) is 1. The van der Waals surface area contributed by atoms with Gasteiger partial charge in [0, 0.05) is 6.54 Å². The Kier molecular flexibility index (Phi) is 1.91. The lowest BCUT2D eigenvalue weighted by Crippen LogP contribution is -2.17. The lowest BCUT2D eigenvalue weighted by atomic mass is 9.90. The van der Waals surface area contributed by atoms with Crippen LogP contribution in [0.25, 0.3) is 0 Å². The van der Waals surface area contributed by atoms with Crippen LogP contribution in [0.5, 0.6) is 0 Å². The highest BCUT2D eigenvalue weighted by atomic mass is 14.8. The Labute approximate surface area is 57.1 Å². The number of rotatable bonds is 0. The Morgan fingerprint density at radius 1 is 1.44 bits per heavy atom. The van der Waals surface area contributed by atoms with Crippen LogP contribution in [0, 0.1) is 5.41 Å². The van der Waals surface area contributed by atoms with E-state index < -0.39 is 0 Å². The molecule has 1 aliphatic rings. The average Bonchev–Trinajstić information content (AvgIpc) is 1.92. The Morgan fingerprint density at radius 3 is 3.00 bits per heavy atom. The molecule has 1 heteroatoms. The van der Waals surface area contributed by atoms with E-state index in [4.69, 9.17) is 0 Å². The second-order valence-electron chi connectivity index (χ2n) is 3.35. The van der Waals surface area contributed by atoms with Crippen molar-refractivity contribution in [3.05, 3.63) is 12.2 Å². The van der Waals surface area contributed by atoms with Gasteiger partial charge in [-0.1, -0.05) is 26.0 Å². The van der Waals surface area contributed by atoms with Gasteiger partial charge in [0.2, 0.25) is 0 Å². The van der Waals surface area contributed by atoms with Gasteiger partial charge in [0.05, 0.1) is 0 Å². The fraction of sp³-hybridized carbons (Fsp3) is 0.750. The minimum Gasteiger partial charge on any atom is -0.313 e. The average molecular weight is 125 g/mol. The van der Waals surface area contributed by atoms with Crippen LogP contribution in [0.4, 0.5) is 0 Å². The van der Waals surface area contributed by atoms with Gasteiger partial charge in [0.25, 0.3) is 0 Å². The summed E-state index contributed by atoms with van der Waals surface area (Å²) >= 11 is 0. The quantitative estimate of drug-likeness (QED) is 0.484. The van der Waals surface area contributed by atoms with Crippen molar-refractivity contribution < 1.29 is 0 Å². The molecular weight excluding hydrogens is 110 g/mol. The number of hydrogen-bond acceptors (Lipinski definition) is 1. The van der Waals surface area contributed by atoms with E-state index in [9.17, 15) is 0 Å². The zero-order valence-electron chi connectivity index (χ0n) is 6.28. The van der Waals surface area contributed by atoms with Gasteiger partial charge in [0.1, 0.15) is 0 Å². The standard InChI is InChI=1S/C8H15N/c1-8(2)4-3-6-9-7-5-8/h3-4,9H,5-7H2,1-2H3. The maximum Gasteiger partial charge on any atom is 0.0135 e. The molecule has 0 saturated heterocycles. The summed E-state index contributed by atoms with van der Waals surface area (Å²) in [6, 6.07) is 0. The molecule has 0 saturated carbocycles. The fourth-order valence-corrected chi connectivity index (χ4v) is 1.06. The van der Waals surface area contributed by atoms with E-state index in [-0.39, 0.29) is 0 Å². The Morgan fingerprint density at radius 2 is 2.22 bits per heavy atom. The first-order valence-corrected chi connectivity index (χ1v) is 3.59. The van der Waals surface area contributed by atoms with Crippen molar-refractivity contribution >= 4 is 0 Å². The van der Waals surface area contributed by atoms with Gasteiger partial charge in [-0.05, 0) is 18.4 Å². The lowest BCUT2D eigenvalue weighted by Gasteiger charge is -2.16. The summed E-state index contributed by atoms with van der Waals surface area (Å²) in [5, 5.41) is 3.32. The van der Waals surface area contributed by atoms with Crippen LogP contribution in [0.2, 0.25) is 0 Å². The van der Waals surface area contributed by atoms with Crippen molar-refractivity contribution in [2.75, 3.05) is 13.1 Å². The summed E-state index contributed by atoms with van der Waals surface area (Å²) in [5.41, 5.74) is 0.420. The van der Waals surface area contributed by atoms with Crippen LogP contribution in [0.15, 0.2) is 12.2 Å². The summed E-state index contributed by atoms with van der Waals surface area (Å²) in [4.78, 5) is 0. The van der Waals surface area contributed by atoms with Crippen LogP contribution < -0.4 is 5.32 Å². The van der Waals surface area contributed by atoms with Crippen LogP contribution >= 0.6 is 0 Å². The molecule has 0 aromatic rings. The van der Waals surface area contributed by atoms with Crippen LogP contribution in [0.3, 0.4) is 0 Å². The molecule has 9 heavy (non-hydrogen) atoms. The summed E-state index contributed by atoms with van der Waals surface area (Å²) in [6.07, 6.45) is 5.77. The van der Waals surface area contributed by atoms with Crippen molar-refractivity contribution in [1.29, 1.82) is 0 Å². The van der Waals surface area contributed by atoms with E-state index in [0.29, 0.717) is 5.41 Å². The third-order valence-corrected chi connectivity index (χ3v) is 1.78. The Balaban J connectivity index is 2.52. The van der Waals surface area contributed by atoms with E-state index in [2.05, 4.69) is 31.3 Å². The second kappa shape index (κ2) is 2.53. The van der Waals surface area contributed by atoms with Crippen molar-refractivity contribution in [2.45, 2.75) is 20.3 Å². The van der Waals surface area contributed by atoms with Gasteiger partial charge in [-0.25, -0.2) is 0 Å². The van der Waals surface area contributed by atoms with Gasteiger partial charge >= 0.3 is 0 Å². The van der Waals surface area contributed by atoms with Gasteiger partial charge in [-0.15, -0.1) is 0 Å². The highest BCUT2D eigenvalue weighted by Crippen LogP contribution is 2.21. The smallest absolute Gasteiger partial charge is 0.0135 e. The summed E-state index contributed by atoms with van der Waals surface area (Å²) in [7, 11) is 0. The first kappa shape index (κ1) is 6.81. The first-order valence-electron chi connectivity index (χ1n) is 3.59. The third kappa shape index (κ3) is 2.19. The molecule has 52 valence electrons. The first-order chi connectivity index (χ1) is 4.21. The molecular formula is C8H15N. The highest BCUT2D eigenvalue weighted by Gasteiger charge is 2.13. The minimum absolute atomic E-state index is 0.420. The third-order valence-electron chi connectivity index (χ3n) is 1.78. The lowest BCUT2D eigenvalue weighted by molar-refractivity contribution is 0.437. The molecule has 0 spiro atoms. The van der Waals surface area contributed by atoms with E-state index >= 15 is 0 Å². The highest BCUT2D eigenvalue weighted by molar-refractivity contribution is 4.98. The van der Waals surface area contributed by atoms with Crippen LogP contribution in [-0.4, -0.2) is 13.1 Å². The zero-order valence-corrected chi connectivity index (χ0v) is 6.28. The van der Waals surface area contributed by atoms with Gasteiger partial charge < -0.3 is 5.32 Å². The molecule has 0 aliphatic carbocycles. The summed E-state index contributed by atoms with van der Waals surface area (Å²) < 4.78 is 0. The molecule has 0 bridgehead atoms. The molecule has 1 heterocycles. The van der Waals surface area contributed by atoms with Crippen molar-refractivity contribution in [3.8, 4) is 0 Å². The van der Waals surface area contributed by atoms with E-state index in [1.165, 1.54) is 6.42 Å². The van der Waals surface area contributed by atoms with Crippen molar-refractivity contribution in [2.24, 2.45) is 5.41 Å². The molecule has 0 atom stereocenters. The number of allylic oxidation sites excluding steroid dienone is 1. The minimum atomic E-state index is 0.420. The van der Waals surface area contributed by atoms with Crippen LogP contribution in [-0.2, 0) is 0 Å². The summed E-state index contributed by atoms with van der Waals surface area (Å²) in [6.45, 7) is 6.75. The Hall–Kier alpha value is -0.300. The predicted molar refractivity (Wildman–Crippen MR) is 40.4 cm³/mol. The fourth-order valence-electron chi connectivity index (χ4n) is 1.06. The molecule has 0 radical (unpaired) electrons. The van der Waals surface area contributed by atoms with Crippen LogP contribution in [0.1, 0.15) is 20.3 Å². The maximum atomic E-state index is 3.32. The molecule has 0 amide bonds. The van der Waals surface area contributed by atoms with Crippen molar-refractivity contribution in [3.63, 3.8) is 0 Å². The Bertz CT molecular complexity index is 114. The largest absolute Gasteiger partial charge is 0.313 e. The molecule has 0 unspecified atom stereocenters. The molecule has 1 nitrogen and oxygen atoms in total. The molecule has 1 N–H and O–H groups in total. The van der Waals surface area contributed by atoms with Gasteiger partial charge in [-0.2, -0.15) is 0 Å². The topological polar surface area (TPSA) is 12.0 Å². The summed E-state index contributed by atoms with van der Waals surface area (Å²) in [5.74, 6) is 0. The van der Waals surface area contributed by atoms with Gasteiger partial charge in [-0.3, -0.25) is 0 Å². The zero-order chi connectivity index (χ0) is 6.74. The second-order valence-corrected chi connectivity index (χ2v) is 3.35. The molecule has 1 rings (SSSR count).